The molecule has 2 aromatic heterocycles. The summed E-state index contributed by atoms with van der Waals surface area (Å²) in [6.45, 7) is 1.01. The zero-order valence-electron chi connectivity index (χ0n) is 22.2. The molecule has 0 spiro atoms. The third-order valence-corrected chi connectivity index (χ3v) is 7.63. The quantitative estimate of drug-likeness (QED) is 0.300. The third-order valence-electron chi connectivity index (χ3n) is 7.05. The van der Waals surface area contributed by atoms with E-state index < -0.39 is 23.7 Å². The monoisotopic (exact) mass is 605 g/mol. The van der Waals surface area contributed by atoms with Crippen LogP contribution >= 0.6 is 23.2 Å². The molecule has 0 unspecified atom stereocenters. The molecule has 1 saturated heterocycles. The van der Waals surface area contributed by atoms with E-state index >= 15 is 0 Å². The number of amides is 1. The number of primary amides is 1. The number of nitrogens with two attached hydrogens (primary N) is 1. The van der Waals surface area contributed by atoms with Crippen molar-refractivity contribution in [3.8, 4) is 17.1 Å². The minimum absolute atomic E-state index is 0.0657. The molecular formula is C30H25Cl2N5O5. The molecule has 1 aliphatic rings. The van der Waals surface area contributed by atoms with Gasteiger partial charge in [-0.25, -0.2) is 14.3 Å². The van der Waals surface area contributed by atoms with Crippen LogP contribution in [0, 0.1) is 0 Å². The second-order valence-corrected chi connectivity index (χ2v) is 10.6. The Hall–Kier alpha value is -4.22. The summed E-state index contributed by atoms with van der Waals surface area (Å²) in [7, 11) is 0. The fraction of sp³-hybridized carbons (Fsp3) is 0.200. The van der Waals surface area contributed by atoms with Crippen molar-refractivity contribution in [2.45, 2.75) is 19.2 Å². The highest BCUT2D eigenvalue weighted by molar-refractivity contribution is 6.33. The summed E-state index contributed by atoms with van der Waals surface area (Å²) in [5.41, 5.74) is 7.05. The van der Waals surface area contributed by atoms with E-state index in [1.165, 1.54) is 4.57 Å². The molecule has 1 fully saturated rings. The van der Waals surface area contributed by atoms with E-state index in [1.807, 2.05) is 24.3 Å². The van der Waals surface area contributed by atoms with Crippen molar-refractivity contribution in [3.63, 3.8) is 0 Å². The zero-order valence-corrected chi connectivity index (χ0v) is 23.7. The van der Waals surface area contributed by atoms with Crippen LogP contribution in [0.25, 0.3) is 28.2 Å². The van der Waals surface area contributed by atoms with Crippen molar-refractivity contribution in [2.75, 3.05) is 19.8 Å². The second-order valence-electron chi connectivity index (χ2n) is 9.80. The van der Waals surface area contributed by atoms with Gasteiger partial charge in [-0.1, -0.05) is 59.6 Å². The molecule has 12 heteroatoms. The molecule has 42 heavy (non-hydrogen) atoms. The number of carbonyl (C=O) groups is 1. The number of ether oxygens (including phenoxy) is 2. The largest absolute Gasteiger partial charge is 0.376 e. The Morgan fingerprint density at radius 2 is 1.69 bits per heavy atom. The zero-order chi connectivity index (χ0) is 29.4. The molecule has 3 heterocycles. The average Bonchev–Trinajstić information content (AvgIpc) is 3.39. The molecular weight excluding hydrogens is 581 g/mol. The summed E-state index contributed by atoms with van der Waals surface area (Å²) in [5.74, 6) is -0.493. The first-order chi connectivity index (χ1) is 20.3. The Morgan fingerprint density at radius 1 is 0.952 bits per heavy atom. The van der Waals surface area contributed by atoms with Gasteiger partial charge < -0.3 is 15.2 Å². The third kappa shape index (κ3) is 5.25. The molecule has 0 saturated carbocycles. The molecule has 1 amide bonds. The van der Waals surface area contributed by atoms with E-state index in [0.717, 1.165) is 15.7 Å². The molecule has 0 bridgehead atoms. The molecule has 0 aliphatic carbocycles. The summed E-state index contributed by atoms with van der Waals surface area (Å²) in [4.78, 5) is 44.4. The van der Waals surface area contributed by atoms with Gasteiger partial charge in [-0.05, 0) is 47.5 Å². The lowest BCUT2D eigenvalue weighted by Crippen LogP contribution is -2.43. The summed E-state index contributed by atoms with van der Waals surface area (Å²) in [5, 5.41) is 0.901. The van der Waals surface area contributed by atoms with Crippen LogP contribution in [0.4, 0.5) is 0 Å². The number of fused-ring (bicyclic) bond motifs is 1. The van der Waals surface area contributed by atoms with Crippen LogP contribution in [0.15, 0.2) is 82.4 Å². The predicted molar refractivity (Wildman–Crippen MR) is 159 cm³/mol. The number of hydrogen-bond acceptors (Lipinski definition) is 6. The smallest absolute Gasteiger partial charge is 0.333 e. The molecule has 214 valence electrons. The van der Waals surface area contributed by atoms with Crippen molar-refractivity contribution in [1.82, 2.24) is 18.7 Å². The lowest BCUT2D eigenvalue weighted by atomic mass is 10.1. The van der Waals surface area contributed by atoms with E-state index in [9.17, 15) is 14.4 Å². The maximum atomic E-state index is 13.9. The van der Waals surface area contributed by atoms with Gasteiger partial charge in [-0.3, -0.25) is 18.7 Å². The highest BCUT2D eigenvalue weighted by Gasteiger charge is 2.25. The van der Waals surface area contributed by atoms with Crippen LogP contribution in [0.5, 0.6) is 0 Å². The van der Waals surface area contributed by atoms with Gasteiger partial charge in [0.2, 0.25) is 5.91 Å². The Morgan fingerprint density at radius 3 is 2.36 bits per heavy atom. The van der Waals surface area contributed by atoms with E-state index in [2.05, 4.69) is 0 Å². The Labute approximate surface area is 249 Å². The van der Waals surface area contributed by atoms with Crippen molar-refractivity contribution in [1.29, 1.82) is 0 Å². The van der Waals surface area contributed by atoms with Crippen molar-refractivity contribution in [3.05, 3.63) is 115 Å². The highest BCUT2D eigenvalue weighted by Crippen LogP contribution is 2.32. The molecule has 6 rings (SSSR count). The standard InChI is InChI=1S/C30H25Cl2N5O5/c31-20-9-11-21(12-10-20)37-26-28(34-27(37)22-3-1-2-4-23(22)32)35(30(40)36(29(26)39)16-25(33)38)15-18-5-7-19(8-6-18)24-17-41-13-14-42-24/h1-12,24H,13-17H2,(H2,33,38)/t24-/m0/s1. The number of benzene rings is 3. The number of hydrogen-bond donors (Lipinski definition) is 1. The number of rotatable bonds is 7. The Kier molecular flexibility index (Phi) is 7.70. The van der Waals surface area contributed by atoms with Crippen LogP contribution in [0.1, 0.15) is 17.2 Å². The Bertz CT molecular complexity index is 1910. The molecule has 0 radical (unpaired) electrons. The average molecular weight is 606 g/mol. The van der Waals surface area contributed by atoms with E-state index in [-0.39, 0.29) is 23.8 Å². The lowest BCUT2D eigenvalue weighted by Gasteiger charge is -2.23. The molecule has 3 aromatic carbocycles. The van der Waals surface area contributed by atoms with Gasteiger partial charge in [-0.15, -0.1) is 0 Å². The van der Waals surface area contributed by atoms with Gasteiger partial charge in [-0.2, -0.15) is 0 Å². The van der Waals surface area contributed by atoms with Gasteiger partial charge in [0.25, 0.3) is 5.56 Å². The topological polar surface area (TPSA) is 123 Å². The van der Waals surface area contributed by atoms with E-state index in [4.69, 9.17) is 43.4 Å². The maximum absolute atomic E-state index is 13.9. The van der Waals surface area contributed by atoms with Gasteiger partial charge >= 0.3 is 5.69 Å². The fourth-order valence-corrected chi connectivity index (χ4v) is 5.39. The first-order valence-corrected chi connectivity index (χ1v) is 13.9. The van der Waals surface area contributed by atoms with Crippen LogP contribution in [0.2, 0.25) is 10.0 Å². The van der Waals surface area contributed by atoms with Crippen molar-refractivity contribution < 1.29 is 14.3 Å². The SMILES string of the molecule is NC(=O)Cn1c(=O)c2c(nc(-c3ccccc3Cl)n2-c2ccc(Cl)cc2)n(Cc2ccc([C@@H]3COCCO3)cc2)c1=O. The summed E-state index contributed by atoms with van der Waals surface area (Å²) in [6.07, 6.45) is -0.173. The number of halogens is 2. The predicted octanol–water partition coefficient (Wildman–Crippen LogP) is 3.94. The van der Waals surface area contributed by atoms with Gasteiger partial charge in [0.15, 0.2) is 11.2 Å². The van der Waals surface area contributed by atoms with Crippen LogP contribution in [-0.2, 0) is 27.4 Å². The summed E-state index contributed by atoms with van der Waals surface area (Å²) in [6, 6.07) is 21.5. The number of aromatic nitrogens is 4. The fourth-order valence-electron chi connectivity index (χ4n) is 5.04. The molecule has 10 nitrogen and oxygen atoms in total. The highest BCUT2D eigenvalue weighted by atomic mass is 35.5. The molecule has 1 atom stereocenters. The van der Waals surface area contributed by atoms with Gasteiger partial charge in [0.1, 0.15) is 18.5 Å². The molecule has 5 aromatic rings. The summed E-state index contributed by atoms with van der Waals surface area (Å²) < 4.78 is 15.1. The van der Waals surface area contributed by atoms with Gasteiger partial charge in [0, 0.05) is 16.3 Å². The molecule has 2 N–H and O–H groups in total. The minimum atomic E-state index is -0.831. The van der Waals surface area contributed by atoms with Crippen molar-refractivity contribution >= 4 is 40.3 Å². The van der Waals surface area contributed by atoms with E-state index in [1.54, 1.807) is 53.1 Å². The van der Waals surface area contributed by atoms with Gasteiger partial charge in [0.05, 0.1) is 31.4 Å². The summed E-state index contributed by atoms with van der Waals surface area (Å²) >= 11 is 12.7. The second kappa shape index (κ2) is 11.6. The normalized spacial score (nSPS) is 15.2. The number of carbonyl (C=O) groups excluding carboxylic acids is 1. The first-order valence-electron chi connectivity index (χ1n) is 13.1. The number of imidazole rings is 1. The first kappa shape index (κ1) is 27.9. The maximum Gasteiger partial charge on any atom is 0.333 e. The van der Waals surface area contributed by atoms with Crippen molar-refractivity contribution in [2.24, 2.45) is 5.73 Å². The Balaban J connectivity index is 1.59. The lowest BCUT2D eigenvalue weighted by molar-refractivity contribution is -0.118. The van der Waals surface area contributed by atoms with Crippen LogP contribution in [-0.4, -0.2) is 44.4 Å². The van der Waals surface area contributed by atoms with Crippen LogP contribution < -0.4 is 17.0 Å². The van der Waals surface area contributed by atoms with Crippen LogP contribution in [0.3, 0.4) is 0 Å². The van der Waals surface area contributed by atoms with E-state index in [0.29, 0.717) is 46.9 Å². The number of nitrogens with zero attached hydrogens (tertiary/aromatic N) is 4. The minimum Gasteiger partial charge on any atom is -0.376 e. The molecule has 1 aliphatic heterocycles.